The summed E-state index contributed by atoms with van der Waals surface area (Å²) < 4.78 is 36.6. The van der Waals surface area contributed by atoms with Gasteiger partial charge in [0.05, 0.1) is 0 Å². The van der Waals surface area contributed by atoms with E-state index in [2.05, 4.69) is 0 Å². The van der Waals surface area contributed by atoms with Gasteiger partial charge in [-0.15, -0.1) is 0 Å². The molecule has 0 bridgehead atoms. The molecule has 0 aromatic heterocycles. The summed E-state index contributed by atoms with van der Waals surface area (Å²) in [6.07, 6.45) is -4.68. The Hall–Kier alpha value is -1.03. The van der Waals surface area contributed by atoms with Gasteiger partial charge in [0.25, 0.3) is 6.43 Å². The second-order valence-corrected chi connectivity index (χ2v) is 2.78. The van der Waals surface area contributed by atoms with E-state index in [0.717, 1.165) is 12.1 Å². The Kier molecular flexibility index (Phi) is 2.93. The lowest BCUT2D eigenvalue weighted by molar-refractivity contribution is -0.00616. The molecular formula is C9H9F3O. The normalized spacial score (nSPS) is 13.4. The van der Waals surface area contributed by atoms with Crippen LogP contribution in [0.3, 0.4) is 0 Å². The molecule has 1 atom stereocenters. The number of rotatable bonds is 2. The van der Waals surface area contributed by atoms with E-state index < -0.39 is 18.3 Å². The van der Waals surface area contributed by atoms with Crippen LogP contribution in [-0.2, 0) is 0 Å². The Morgan fingerprint density at radius 2 is 1.92 bits per heavy atom. The van der Waals surface area contributed by atoms with E-state index in [1.165, 1.54) is 13.0 Å². The van der Waals surface area contributed by atoms with E-state index in [1.807, 2.05) is 0 Å². The van der Waals surface area contributed by atoms with Gasteiger partial charge in [-0.25, -0.2) is 13.2 Å². The minimum atomic E-state index is -2.84. The molecule has 1 aromatic rings. The molecule has 13 heavy (non-hydrogen) atoms. The van der Waals surface area contributed by atoms with Crippen molar-refractivity contribution < 1.29 is 18.3 Å². The number of aliphatic hydroxyl groups is 1. The molecule has 0 fully saturated rings. The minimum Gasteiger partial charge on any atom is -0.382 e. The molecule has 0 saturated carbocycles. The summed E-state index contributed by atoms with van der Waals surface area (Å²) in [5.74, 6) is -0.497. The highest BCUT2D eigenvalue weighted by atomic mass is 19.3. The first-order valence-electron chi connectivity index (χ1n) is 3.74. The molecule has 0 aliphatic carbocycles. The first kappa shape index (κ1) is 10.1. The third kappa shape index (κ3) is 2.21. The summed E-state index contributed by atoms with van der Waals surface area (Å²) in [7, 11) is 0. The predicted octanol–water partition coefficient (Wildman–Crippen LogP) is 2.43. The van der Waals surface area contributed by atoms with Crippen molar-refractivity contribution in [1.29, 1.82) is 0 Å². The quantitative estimate of drug-likeness (QED) is 0.759. The first-order chi connectivity index (χ1) is 6.02. The maximum atomic E-state index is 12.5. The monoisotopic (exact) mass is 190 g/mol. The van der Waals surface area contributed by atoms with E-state index in [0.29, 0.717) is 5.56 Å². The van der Waals surface area contributed by atoms with Crippen molar-refractivity contribution in [2.24, 2.45) is 0 Å². The molecule has 0 aliphatic rings. The molecule has 1 nitrogen and oxygen atoms in total. The molecule has 4 heteroatoms. The third-order valence-electron chi connectivity index (χ3n) is 1.79. The zero-order chi connectivity index (χ0) is 10.0. The van der Waals surface area contributed by atoms with Crippen LogP contribution in [0.25, 0.3) is 0 Å². The van der Waals surface area contributed by atoms with E-state index in [9.17, 15) is 13.2 Å². The van der Waals surface area contributed by atoms with Gasteiger partial charge >= 0.3 is 0 Å². The molecule has 0 spiro atoms. The number of hydrogen-bond acceptors (Lipinski definition) is 1. The smallest absolute Gasteiger partial charge is 0.268 e. The third-order valence-corrected chi connectivity index (χ3v) is 1.79. The molecule has 1 aromatic carbocycles. The zero-order valence-electron chi connectivity index (χ0n) is 6.97. The molecular weight excluding hydrogens is 181 g/mol. The van der Waals surface area contributed by atoms with Gasteiger partial charge in [0.2, 0.25) is 0 Å². The van der Waals surface area contributed by atoms with Crippen LogP contribution in [0.1, 0.15) is 17.2 Å². The lowest BCUT2D eigenvalue weighted by Crippen LogP contribution is -2.09. The molecule has 0 radical (unpaired) electrons. The van der Waals surface area contributed by atoms with Gasteiger partial charge in [0.15, 0.2) is 0 Å². The Bertz CT molecular complexity index is 299. The van der Waals surface area contributed by atoms with E-state index in [4.69, 9.17) is 5.11 Å². The summed E-state index contributed by atoms with van der Waals surface area (Å²) >= 11 is 0. The lowest BCUT2D eigenvalue weighted by Gasteiger charge is -2.12. The molecule has 1 N–H and O–H groups in total. The minimum absolute atomic E-state index is 0.0661. The summed E-state index contributed by atoms with van der Waals surface area (Å²) in [4.78, 5) is 0. The summed E-state index contributed by atoms with van der Waals surface area (Å²) in [5.41, 5.74) is 0.393. The van der Waals surface area contributed by atoms with Gasteiger partial charge in [-0.1, -0.05) is 6.07 Å². The average Bonchev–Trinajstić information content (AvgIpc) is 2.03. The van der Waals surface area contributed by atoms with Crippen LogP contribution in [0, 0.1) is 12.7 Å². The van der Waals surface area contributed by atoms with Gasteiger partial charge in [-0.2, -0.15) is 0 Å². The maximum absolute atomic E-state index is 12.5. The Labute approximate surface area is 73.8 Å². The molecule has 1 rings (SSSR count). The van der Waals surface area contributed by atoms with Crippen LogP contribution >= 0.6 is 0 Å². The molecule has 72 valence electrons. The van der Waals surface area contributed by atoms with Gasteiger partial charge < -0.3 is 5.11 Å². The summed E-state index contributed by atoms with van der Waals surface area (Å²) in [5, 5.41) is 9.00. The van der Waals surface area contributed by atoms with Gasteiger partial charge in [0, 0.05) is 0 Å². The largest absolute Gasteiger partial charge is 0.382 e. The van der Waals surface area contributed by atoms with Crippen LogP contribution in [0.2, 0.25) is 0 Å². The van der Waals surface area contributed by atoms with Crippen LogP contribution in [0.15, 0.2) is 18.2 Å². The topological polar surface area (TPSA) is 20.2 Å². The van der Waals surface area contributed by atoms with Crippen molar-refractivity contribution >= 4 is 0 Å². The van der Waals surface area contributed by atoms with E-state index >= 15 is 0 Å². The molecule has 0 aliphatic heterocycles. The summed E-state index contributed by atoms with van der Waals surface area (Å²) in [6.45, 7) is 1.48. The van der Waals surface area contributed by atoms with Crippen LogP contribution in [0.5, 0.6) is 0 Å². The molecule has 0 amide bonds. The zero-order valence-corrected chi connectivity index (χ0v) is 6.97. The Balaban J connectivity index is 3.01. The van der Waals surface area contributed by atoms with Crippen LogP contribution in [0.4, 0.5) is 13.2 Å². The number of halogens is 3. The number of alkyl halides is 2. The van der Waals surface area contributed by atoms with Crippen molar-refractivity contribution in [2.75, 3.05) is 0 Å². The average molecular weight is 190 g/mol. The SMILES string of the molecule is Cc1cc(F)ccc1C(O)C(F)F. The number of hydrogen-bond donors (Lipinski definition) is 1. The second-order valence-electron chi connectivity index (χ2n) is 2.78. The lowest BCUT2D eigenvalue weighted by atomic mass is 10.0. The highest BCUT2D eigenvalue weighted by molar-refractivity contribution is 5.28. The van der Waals surface area contributed by atoms with Gasteiger partial charge in [0.1, 0.15) is 11.9 Å². The number of aryl methyl sites for hydroxylation is 1. The number of aliphatic hydroxyl groups excluding tert-OH is 1. The van der Waals surface area contributed by atoms with Crippen molar-refractivity contribution in [2.45, 2.75) is 19.5 Å². The molecule has 1 unspecified atom stereocenters. The van der Waals surface area contributed by atoms with Gasteiger partial charge in [-0.3, -0.25) is 0 Å². The number of benzene rings is 1. The van der Waals surface area contributed by atoms with Crippen molar-refractivity contribution in [3.8, 4) is 0 Å². The van der Waals surface area contributed by atoms with E-state index in [-0.39, 0.29) is 5.56 Å². The molecule has 0 saturated heterocycles. The Morgan fingerprint density at radius 3 is 2.38 bits per heavy atom. The van der Waals surface area contributed by atoms with Crippen LogP contribution in [-0.4, -0.2) is 11.5 Å². The first-order valence-corrected chi connectivity index (χ1v) is 3.74. The fourth-order valence-corrected chi connectivity index (χ4v) is 1.11. The van der Waals surface area contributed by atoms with Crippen molar-refractivity contribution in [1.82, 2.24) is 0 Å². The molecule has 0 heterocycles. The fraction of sp³-hybridized carbons (Fsp3) is 0.333. The highest BCUT2D eigenvalue weighted by Gasteiger charge is 2.20. The fourth-order valence-electron chi connectivity index (χ4n) is 1.11. The van der Waals surface area contributed by atoms with Crippen molar-refractivity contribution in [3.63, 3.8) is 0 Å². The summed E-state index contributed by atoms with van der Waals surface area (Å²) in [6, 6.07) is 3.33. The van der Waals surface area contributed by atoms with E-state index in [1.54, 1.807) is 0 Å². The standard InChI is InChI=1S/C9H9F3O/c1-5-4-6(10)2-3-7(5)8(13)9(11)12/h2-4,8-9,13H,1H3. The van der Waals surface area contributed by atoms with Crippen molar-refractivity contribution in [3.05, 3.63) is 35.1 Å². The predicted molar refractivity (Wildman–Crippen MR) is 42.1 cm³/mol. The maximum Gasteiger partial charge on any atom is 0.268 e. The highest BCUT2D eigenvalue weighted by Crippen LogP contribution is 2.23. The van der Waals surface area contributed by atoms with Crippen LogP contribution < -0.4 is 0 Å². The van der Waals surface area contributed by atoms with Gasteiger partial charge in [-0.05, 0) is 30.2 Å². The second kappa shape index (κ2) is 3.79. The Morgan fingerprint density at radius 1 is 1.31 bits per heavy atom.